The van der Waals surface area contributed by atoms with E-state index in [0.717, 1.165) is 5.69 Å². The summed E-state index contributed by atoms with van der Waals surface area (Å²) in [6.45, 7) is 11.0. The fourth-order valence-electron chi connectivity index (χ4n) is 3.88. The molecule has 0 spiro atoms. The van der Waals surface area contributed by atoms with Crippen molar-refractivity contribution in [2.45, 2.75) is 46.8 Å². The Morgan fingerprint density at radius 1 is 0.906 bits per heavy atom. The van der Waals surface area contributed by atoms with Gasteiger partial charge in [-0.25, -0.2) is 9.59 Å². The molecule has 0 aliphatic carbocycles. The molecule has 1 saturated heterocycles. The standard InChI is InChI=1S/C24H31N3O5/c1-15(2)31-23(29)20-16(3)21(25-17(20)4)24(30)32-18(5)22(28)27-13-11-26(12-14-27)19-9-7-6-8-10-19/h6-10,15,18,25H,11-14H2,1-5H3. The number of ether oxygens (including phenoxy) is 2. The maximum Gasteiger partial charge on any atom is 0.355 e. The molecular weight excluding hydrogens is 410 g/mol. The molecule has 1 amide bonds. The molecule has 0 saturated carbocycles. The van der Waals surface area contributed by atoms with Crippen molar-refractivity contribution in [3.05, 3.63) is 52.8 Å². The van der Waals surface area contributed by atoms with E-state index < -0.39 is 18.0 Å². The van der Waals surface area contributed by atoms with E-state index in [1.165, 1.54) is 0 Å². The molecule has 3 rings (SSSR count). The Morgan fingerprint density at radius 3 is 2.12 bits per heavy atom. The van der Waals surface area contributed by atoms with Crippen LogP contribution >= 0.6 is 0 Å². The summed E-state index contributed by atoms with van der Waals surface area (Å²) < 4.78 is 10.7. The number of piperazine rings is 1. The number of aromatic amines is 1. The summed E-state index contributed by atoms with van der Waals surface area (Å²) in [5, 5.41) is 0. The van der Waals surface area contributed by atoms with Crippen LogP contribution in [0.4, 0.5) is 5.69 Å². The summed E-state index contributed by atoms with van der Waals surface area (Å²) in [6.07, 6.45) is -1.20. The highest BCUT2D eigenvalue weighted by molar-refractivity contribution is 5.99. The monoisotopic (exact) mass is 441 g/mol. The van der Waals surface area contributed by atoms with E-state index in [4.69, 9.17) is 9.47 Å². The molecule has 1 fully saturated rings. The fourth-order valence-corrected chi connectivity index (χ4v) is 3.88. The number of nitrogens with one attached hydrogen (secondary N) is 1. The van der Waals surface area contributed by atoms with E-state index in [-0.39, 0.29) is 17.7 Å². The number of nitrogens with zero attached hydrogens (tertiary/aromatic N) is 2. The number of carbonyl (C=O) groups is 3. The Morgan fingerprint density at radius 2 is 1.53 bits per heavy atom. The third-order valence-electron chi connectivity index (χ3n) is 5.53. The Labute approximate surface area is 188 Å². The number of amides is 1. The summed E-state index contributed by atoms with van der Waals surface area (Å²) >= 11 is 0. The topological polar surface area (TPSA) is 91.9 Å². The summed E-state index contributed by atoms with van der Waals surface area (Å²) in [5.74, 6) is -1.39. The molecule has 0 bridgehead atoms. The molecule has 1 aliphatic heterocycles. The second kappa shape index (κ2) is 9.89. The predicted octanol–water partition coefficient (Wildman–Crippen LogP) is 3.09. The normalized spacial score (nSPS) is 14.9. The van der Waals surface area contributed by atoms with E-state index in [1.807, 2.05) is 30.3 Å². The van der Waals surface area contributed by atoms with E-state index in [2.05, 4.69) is 9.88 Å². The van der Waals surface area contributed by atoms with Crippen LogP contribution in [0, 0.1) is 13.8 Å². The van der Waals surface area contributed by atoms with Crippen LogP contribution in [0.15, 0.2) is 30.3 Å². The molecule has 8 nitrogen and oxygen atoms in total. The summed E-state index contributed by atoms with van der Waals surface area (Å²) in [6, 6.07) is 10.1. The Kier molecular flexibility index (Phi) is 7.22. The molecule has 2 heterocycles. The number of aromatic nitrogens is 1. The smallest absolute Gasteiger partial charge is 0.355 e. The largest absolute Gasteiger partial charge is 0.459 e. The highest BCUT2D eigenvalue weighted by Crippen LogP contribution is 2.21. The lowest BCUT2D eigenvalue weighted by Crippen LogP contribution is -2.51. The molecule has 0 radical (unpaired) electrons. The van der Waals surface area contributed by atoms with Crippen molar-refractivity contribution in [2.24, 2.45) is 0 Å². The number of hydrogen-bond donors (Lipinski definition) is 1. The van der Waals surface area contributed by atoms with Gasteiger partial charge in [-0.15, -0.1) is 0 Å². The summed E-state index contributed by atoms with van der Waals surface area (Å²) in [5.41, 5.74) is 2.59. The van der Waals surface area contributed by atoms with E-state index in [1.54, 1.807) is 39.5 Å². The van der Waals surface area contributed by atoms with Gasteiger partial charge in [0.15, 0.2) is 6.10 Å². The number of aryl methyl sites for hydroxylation is 1. The lowest BCUT2D eigenvalue weighted by atomic mass is 10.1. The molecule has 32 heavy (non-hydrogen) atoms. The van der Waals surface area contributed by atoms with Crippen molar-refractivity contribution in [3.8, 4) is 0 Å². The number of H-pyrrole nitrogens is 1. The molecule has 1 aromatic carbocycles. The second-order valence-corrected chi connectivity index (χ2v) is 8.27. The minimum absolute atomic E-state index is 0.159. The van der Waals surface area contributed by atoms with Crippen molar-refractivity contribution < 1.29 is 23.9 Å². The van der Waals surface area contributed by atoms with Gasteiger partial charge in [0.2, 0.25) is 0 Å². The Balaban J connectivity index is 1.60. The number of hydrogen-bond acceptors (Lipinski definition) is 6. The molecule has 8 heteroatoms. The fraction of sp³-hybridized carbons (Fsp3) is 0.458. The maximum absolute atomic E-state index is 12.8. The first kappa shape index (κ1) is 23.4. The van der Waals surface area contributed by atoms with Gasteiger partial charge in [0.05, 0.1) is 11.7 Å². The Hall–Kier alpha value is -3.29. The van der Waals surface area contributed by atoms with Crippen LogP contribution in [-0.2, 0) is 14.3 Å². The molecule has 1 atom stereocenters. The van der Waals surface area contributed by atoms with Crippen molar-refractivity contribution in [1.29, 1.82) is 0 Å². The highest BCUT2D eigenvalue weighted by atomic mass is 16.6. The maximum atomic E-state index is 12.8. The van der Waals surface area contributed by atoms with E-state index >= 15 is 0 Å². The first-order chi connectivity index (χ1) is 15.2. The number of rotatable bonds is 6. The molecule has 2 aromatic rings. The van der Waals surface area contributed by atoms with Crippen molar-refractivity contribution in [1.82, 2.24) is 9.88 Å². The number of carbonyl (C=O) groups excluding carboxylic acids is 3. The minimum atomic E-state index is -0.931. The van der Waals surface area contributed by atoms with Crippen LogP contribution in [0.2, 0.25) is 0 Å². The van der Waals surface area contributed by atoms with Crippen molar-refractivity contribution >= 4 is 23.5 Å². The average Bonchev–Trinajstić information content (AvgIpc) is 3.07. The van der Waals surface area contributed by atoms with Gasteiger partial charge in [-0.3, -0.25) is 4.79 Å². The van der Waals surface area contributed by atoms with E-state index in [0.29, 0.717) is 43.0 Å². The molecular formula is C24H31N3O5. The van der Waals surface area contributed by atoms with Gasteiger partial charge in [-0.05, 0) is 52.3 Å². The third kappa shape index (κ3) is 5.12. The SMILES string of the molecule is Cc1[nH]c(C(=O)OC(C)C(=O)N2CCN(c3ccccc3)CC2)c(C)c1C(=O)OC(C)C. The average molecular weight is 442 g/mol. The Bertz CT molecular complexity index is 975. The van der Waals surface area contributed by atoms with Gasteiger partial charge in [-0.2, -0.15) is 0 Å². The van der Waals surface area contributed by atoms with Gasteiger partial charge in [0.25, 0.3) is 5.91 Å². The lowest BCUT2D eigenvalue weighted by molar-refractivity contribution is -0.140. The van der Waals surface area contributed by atoms with Gasteiger partial charge in [-0.1, -0.05) is 18.2 Å². The quantitative estimate of drug-likeness (QED) is 0.693. The molecule has 1 N–H and O–H groups in total. The first-order valence-corrected chi connectivity index (χ1v) is 10.9. The van der Waals surface area contributed by atoms with Crippen LogP contribution in [0.3, 0.4) is 0 Å². The molecule has 1 unspecified atom stereocenters. The number of para-hydroxylation sites is 1. The van der Waals surface area contributed by atoms with Crippen molar-refractivity contribution in [2.75, 3.05) is 31.1 Å². The lowest BCUT2D eigenvalue weighted by Gasteiger charge is -2.37. The second-order valence-electron chi connectivity index (χ2n) is 8.27. The van der Waals surface area contributed by atoms with Gasteiger partial charge >= 0.3 is 11.9 Å². The zero-order valence-corrected chi connectivity index (χ0v) is 19.3. The van der Waals surface area contributed by atoms with Crippen LogP contribution in [-0.4, -0.2) is 66.1 Å². The first-order valence-electron chi connectivity index (χ1n) is 10.9. The zero-order valence-electron chi connectivity index (χ0n) is 19.3. The minimum Gasteiger partial charge on any atom is -0.459 e. The van der Waals surface area contributed by atoms with Crippen LogP contribution in [0.1, 0.15) is 52.9 Å². The van der Waals surface area contributed by atoms with Crippen LogP contribution in [0.5, 0.6) is 0 Å². The van der Waals surface area contributed by atoms with Crippen molar-refractivity contribution in [3.63, 3.8) is 0 Å². The summed E-state index contributed by atoms with van der Waals surface area (Å²) in [4.78, 5) is 44.8. The predicted molar refractivity (Wildman–Crippen MR) is 121 cm³/mol. The number of anilines is 1. The molecule has 172 valence electrons. The number of esters is 2. The van der Waals surface area contributed by atoms with Gasteiger partial charge in [0.1, 0.15) is 5.69 Å². The third-order valence-corrected chi connectivity index (χ3v) is 5.53. The summed E-state index contributed by atoms with van der Waals surface area (Å²) in [7, 11) is 0. The van der Waals surface area contributed by atoms with Gasteiger partial charge < -0.3 is 24.3 Å². The zero-order chi connectivity index (χ0) is 23.4. The van der Waals surface area contributed by atoms with Crippen LogP contribution < -0.4 is 4.90 Å². The molecule has 1 aliphatic rings. The van der Waals surface area contributed by atoms with Gasteiger partial charge in [0, 0.05) is 37.6 Å². The molecule has 1 aromatic heterocycles. The number of benzene rings is 1. The van der Waals surface area contributed by atoms with E-state index in [9.17, 15) is 14.4 Å². The highest BCUT2D eigenvalue weighted by Gasteiger charge is 2.30. The van der Waals surface area contributed by atoms with Crippen LogP contribution in [0.25, 0.3) is 0 Å².